The summed E-state index contributed by atoms with van der Waals surface area (Å²) in [5.74, 6) is -0.565. The Morgan fingerprint density at radius 3 is 2.69 bits per heavy atom. The third-order valence-corrected chi connectivity index (χ3v) is 5.98. The summed E-state index contributed by atoms with van der Waals surface area (Å²) in [6.45, 7) is 3.67. The van der Waals surface area contributed by atoms with E-state index in [0.29, 0.717) is 16.1 Å². The van der Waals surface area contributed by atoms with Crippen LogP contribution >= 0.6 is 27.3 Å². The number of carbonyl (C=O) groups excluding carboxylic acids is 2. The van der Waals surface area contributed by atoms with Gasteiger partial charge in [0.05, 0.1) is 11.7 Å². The highest BCUT2D eigenvalue weighted by Crippen LogP contribution is 2.38. The fourth-order valence-electron chi connectivity index (χ4n) is 3.12. The third kappa shape index (κ3) is 4.35. The smallest absolute Gasteiger partial charge is 0.341 e. The molecule has 26 heavy (non-hydrogen) atoms. The molecule has 0 saturated heterocycles. The molecule has 0 unspecified atom stereocenters. The van der Waals surface area contributed by atoms with Crippen LogP contribution in [-0.4, -0.2) is 18.0 Å². The number of anilines is 1. The van der Waals surface area contributed by atoms with Gasteiger partial charge in [-0.25, -0.2) is 4.79 Å². The number of hydrogen-bond donors (Lipinski definition) is 1. The lowest BCUT2D eigenvalue weighted by molar-refractivity contribution is 0.0378. The molecule has 6 heteroatoms. The van der Waals surface area contributed by atoms with Gasteiger partial charge in [0.25, 0.3) is 5.91 Å². The molecular weight excluding hydrogens is 414 g/mol. The number of thiophene rings is 1. The number of benzene rings is 1. The monoisotopic (exact) mass is 435 g/mol. The van der Waals surface area contributed by atoms with Gasteiger partial charge in [-0.2, -0.15) is 0 Å². The molecule has 0 radical (unpaired) electrons. The van der Waals surface area contributed by atoms with Gasteiger partial charge in [0, 0.05) is 14.9 Å². The highest BCUT2D eigenvalue weighted by atomic mass is 79.9. The Labute approximate surface area is 166 Å². The van der Waals surface area contributed by atoms with Gasteiger partial charge in [0.1, 0.15) is 5.00 Å². The van der Waals surface area contributed by atoms with Gasteiger partial charge >= 0.3 is 5.97 Å². The molecule has 4 nitrogen and oxygen atoms in total. The van der Waals surface area contributed by atoms with Crippen molar-refractivity contribution in [2.45, 2.75) is 52.1 Å². The molecule has 1 N–H and O–H groups in total. The first-order chi connectivity index (χ1) is 12.5. The summed E-state index contributed by atoms with van der Waals surface area (Å²) in [6, 6.07) is 7.21. The van der Waals surface area contributed by atoms with Crippen molar-refractivity contribution in [3.8, 4) is 0 Å². The molecule has 0 bridgehead atoms. The van der Waals surface area contributed by atoms with Crippen LogP contribution in [0.3, 0.4) is 0 Å². The van der Waals surface area contributed by atoms with E-state index in [9.17, 15) is 9.59 Å². The summed E-state index contributed by atoms with van der Waals surface area (Å²) in [4.78, 5) is 26.6. The fourth-order valence-corrected chi connectivity index (χ4v) is 4.80. The van der Waals surface area contributed by atoms with Gasteiger partial charge < -0.3 is 10.1 Å². The number of aryl methyl sites for hydroxylation is 1. The molecule has 1 aliphatic carbocycles. The number of amides is 1. The molecule has 1 aromatic carbocycles. The Morgan fingerprint density at radius 1 is 1.19 bits per heavy atom. The SMILES string of the molecule is CC(C)OC(=O)c1c(NC(=O)c2cccc(Br)c2)sc2c1CCCCC2. The van der Waals surface area contributed by atoms with E-state index in [1.807, 2.05) is 26.0 Å². The maximum atomic E-state index is 12.7. The number of hydrogen-bond acceptors (Lipinski definition) is 4. The lowest BCUT2D eigenvalue weighted by atomic mass is 10.1. The Balaban J connectivity index is 1.95. The van der Waals surface area contributed by atoms with Crippen LogP contribution in [0.5, 0.6) is 0 Å². The third-order valence-electron chi connectivity index (χ3n) is 4.28. The van der Waals surface area contributed by atoms with E-state index < -0.39 is 0 Å². The number of fused-ring (bicyclic) bond motifs is 1. The van der Waals surface area contributed by atoms with Crippen molar-refractivity contribution in [2.24, 2.45) is 0 Å². The van der Waals surface area contributed by atoms with Crippen LogP contribution in [-0.2, 0) is 17.6 Å². The van der Waals surface area contributed by atoms with Crippen LogP contribution in [0.25, 0.3) is 0 Å². The summed E-state index contributed by atoms with van der Waals surface area (Å²) in [7, 11) is 0. The van der Waals surface area contributed by atoms with E-state index >= 15 is 0 Å². The second-order valence-electron chi connectivity index (χ2n) is 6.69. The zero-order chi connectivity index (χ0) is 18.7. The zero-order valence-corrected chi connectivity index (χ0v) is 17.3. The summed E-state index contributed by atoms with van der Waals surface area (Å²) < 4.78 is 6.30. The van der Waals surface area contributed by atoms with Crippen molar-refractivity contribution in [1.82, 2.24) is 0 Å². The Hall–Kier alpha value is -1.66. The topological polar surface area (TPSA) is 55.4 Å². The van der Waals surface area contributed by atoms with E-state index in [1.165, 1.54) is 22.6 Å². The molecule has 0 atom stereocenters. The number of carbonyl (C=O) groups is 2. The van der Waals surface area contributed by atoms with E-state index in [2.05, 4.69) is 21.2 Å². The predicted molar refractivity (Wildman–Crippen MR) is 108 cm³/mol. The number of ether oxygens (including phenoxy) is 1. The minimum atomic E-state index is -0.344. The highest BCUT2D eigenvalue weighted by Gasteiger charge is 2.27. The molecule has 138 valence electrons. The van der Waals surface area contributed by atoms with Gasteiger partial charge in [-0.15, -0.1) is 11.3 Å². The van der Waals surface area contributed by atoms with Crippen LogP contribution in [0.1, 0.15) is 64.3 Å². The molecule has 1 heterocycles. The lowest BCUT2D eigenvalue weighted by Gasteiger charge is -2.11. The zero-order valence-electron chi connectivity index (χ0n) is 14.9. The number of halogens is 1. The number of nitrogens with one attached hydrogen (secondary N) is 1. The number of rotatable bonds is 4. The minimum Gasteiger partial charge on any atom is -0.459 e. The Morgan fingerprint density at radius 2 is 1.96 bits per heavy atom. The van der Waals surface area contributed by atoms with Gasteiger partial charge in [-0.05, 0) is 63.3 Å². The van der Waals surface area contributed by atoms with Crippen molar-refractivity contribution in [1.29, 1.82) is 0 Å². The van der Waals surface area contributed by atoms with Crippen molar-refractivity contribution < 1.29 is 14.3 Å². The summed E-state index contributed by atoms with van der Waals surface area (Å²) in [5.41, 5.74) is 2.15. The minimum absolute atomic E-state index is 0.197. The van der Waals surface area contributed by atoms with Crippen molar-refractivity contribution in [3.63, 3.8) is 0 Å². The largest absolute Gasteiger partial charge is 0.459 e. The second kappa shape index (κ2) is 8.35. The molecule has 0 fully saturated rings. The summed E-state index contributed by atoms with van der Waals surface area (Å²) in [5, 5.41) is 3.55. The fraction of sp³-hybridized carbons (Fsp3) is 0.400. The van der Waals surface area contributed by atoms with Gasteiger partial charge in [0.2, 0.25) is 0 Å². The molecule has 1 aliphatic rings. The van der Waals surface area contributed by atoms with Gasteiger partial charge in [0.15, 0.2) is 0 Å². The van der Waals surface area contributed by atoms with Crippen LogP contribution in [0.4, 0.5) is 5.00 Å². The predicted octanol–water partition coefficient (Wildman–Crippen LogP) is 5.60. The molecule has 0 spiro atoms. The molecule has 1 aromatic heterocycles. The van der Waals surface area contributed by atoms with Crippen LogP contribution in [0.15, 0.2) is 28.7 Å². The lowest BCUT2D eigenvalue weighted by Crippen LogP contribution is -2.17. The Bertz CT molecular complexity index is 828. The number of esters is 1. The van der Waals surface area contributed by atoms with E-state index in [1.54, 1.807) is 12.1 Å². The summed E-state index contributed by atoms with van der Waals surface area (Å²) >= 11 is 4.90. The second-order valence-corrected chi connectivity index (χ2v) is 8.71. The van der Waals surface area contributed by atoms with Crippen LogP contribution in [0, 0.1) is 0 Å². The van der Waals surface area contributed by atoms with E-state index in [0.717, 1.165) is 35.7 Å². The maximum Gasteiger partial charge on any atom is 0.341 e. The molecule has 1 amide bonds. The van der Waals surface area contributed by atoms with Crippen molar-refractivity contribution in [3.05, 3.63) is 50.3 Å². The average molecular weight is 436 g/mol. The van der Waals surface area contributed by atoms with Crippen LogP contribution < -0.4 is 5.32 Å². The van der Waals surface area contributed by atoms with Gasteiger partial charge in [-0.1, -0.05) is 28.4 Å². The molecule has 2 aromatic rings. The first-order valence-electron chi connectivity index (χ1n) is 8.88. The van der Waals surface area contributed by atoms with Crippen molar-refractivity contribution in [2.75, 3.05) is 5.32 Å². The van der Waals surface area contributed by atoms with E-state index in [-0.39, 0.29) is 18.0 Å². The molecule has 0 aliphatic heterocycles. The average Bonchev–Trinajstić information content (AvgIpc) is 2.75. The Kier molecular flexibility index (Phi) is 6.14. The van der Waals surface area contributed by atoms with E-state index in [4.69, 9.17) is 4.74 Å². The normalized spacial score (nSPS) is 13.8. The van der Waals surface area contributed by atoms with Crippen molar-refractivity contribution >= 4 is 44.1 Å². The van der Waals surface area contributed by atoms with Gasteiger partial charge in [-0.3, -0.25) is 4.79 Å². The summed E-state index contributed by atoms with van der Waals surface area (Å²) in [6.07, 6.45) is 4.96. The maximum absolute atomic E-state index is 12.7. The first kappa shape index (κ1) is 19.1. The quantitative estimate of drug-likeness (QED) is 0.502. The molecule has 0 saturated carbocycles. The first-order valence-corrected chi connectivity index (χ1v) is 10.5. The van der Waals surface area contributed by atoms with Crippen LogP contribution in [0.2, 0.25) is 0 Å². The molecule has 3 rings (SSSR count). The molecular formula is C20H22BrNO3S. The standard InChI is InChI=1S/C20H22BrNO3S/c1-12(2)25-20(24)17-15-9-4-3-5-10-16(15)26-19(17)22-18(23)13-7-6-8-14(21)11-13/h6-8,11-12H,3-5,9-10H2,1-2H3,(H,22,23). The highest BCUT2D eigenvalue weighted by molar-refractivity contribution is 9.10.